The molecule has 0 bridgehead atoms. The van der Waals surface area contributed by atoms with E-state index in [9.17, 15) is 4.79 Å². The van der Waals surface area contributed by atoms with Gasteiger partial charge in [0, 0.05) is 6.20 Å². The molecule has 0 radical (unpaired) electrons. The molecule has 6 nitrogen and oxygen atoms in total. The summed E-state index contributed by atoms with van der Waals surface area (Å²) in [6.07, 6.45) is 3.03. The van der Waals surface area contributed by atoms with Gasteiger partial charge in [0.2, 0.25) is 0 Å². The van der Waals surface area contributed by atoms with Gasteiger partial charge < -0.3 is 9.47 Å². The van der Waals surface area contributed by atoms with Crippen molar-refractivity contribution in [3.05, 3.63) is 50.3 Å². The molecule has 2 rings (SSSR count). The molecule has 0 aliphatic rings. The van der Waals surface area contributed by atoms with Crippen molar-refractivity contribution in [1.82, 2.24) is 10.4 Å². The van der Waals surface area contributed by atoms with Crippen molar-refractivity contribution >= 4 is 46.3 Å². The number of nitrogens with one attached hydrogen (secondary N) is 1. The zero-order valence-corrected chi connectivity index (χ0v) is 16.0. The fourth-order valence-electron chi connectivity index (χ4n) is 1.90. The summed E-state index contributed by atoms with van der Waals surface area (Å²) in [5, 5.41) is 4.07. The second-order valence-electron chi connectivity index (χ2n) is 4.51. The number of rotatable bonds is 6. The van der Waals surface area contributed by atoms with Crippen molar-refractivity contribution in [2.75, 3.05) is 13.7 Å². The van der Waals surface area contributed by atoms with E-state index in [-0.39, 0.29) is 10.7 Å². The second kappa shape index (κ2) is 8.84. The Balaban J connectivity index is 2.14. The van der Waals surface area contributed by atoms with Crippen LogP contribution >= 0.6 is 34.2 Å². The largest absolute Gasteiger partial charge is 0.492 e. The number of carbonyl (C=O) groups excluding carboxylic acids is 1. The predicted octanol–water partition coefficient (Wildman–Crippen LogP) is 3.51. The molecule has 126 valence electrons. The molecule has 0 aliphatic carbocycles. The lowest BCUT2D eigenvalue weighted by molar-refractivity contribution is 0.0955. The predicted molar refractivity (Wildman–Crippen MR) is 101 cm³/mol. The van der Waals surface area contributed by atoms with E-state index in [1.54, 1.807) is 25.3 Å². The number of ether oxygens (including phenoxy) is 2. The second-order valence-corrected chi connectivity index (χ2v) is 6.03. The van der Waals surface area contributed by atoms with Crippen molar-refractivity contribution in [2.45, 2.75) is 6.92 Å². The molecule has 0 saturated carbocycles. The highest BCUT2D eigenvalue weighted by atomic mass is 127. The fraction of sp³-hybridized carbons (Fsp3) is 0.188. The first-order valence-corrected chi connectivity index (χ1v) is 8.46. The molecule has 0 spiro atoms. The number of halogens is 2. The molecule has 0 aliphatic heterocycles. The summed E-state index contributed by atoms with van der Waals surface area (Å²) in [6, 6.07) is 6.86. The van der Waals surface area contributed by atoms with Crippen LogP contribution in [0.25, 0.3) is 0 Å². The highest BCUT2D eigenvalue weighted by molar-refractivity contribution is 14.1. The number of nitrogens with zero attached hydrogens (tertiary/aromatic N) is 2. The van der Waals surface area contributed by atoms with Crippen molar-refractivity contribution < 1.29 is 14.3 Å². The van der Waals surface area contributed by atoms with Gasteiger partial charge in [0.15, 0.2) is 11.5 Å². The van der Waals surface area contributed by atoms with E-state index in [2.05, 4.69) is 38.1 Å². The Morgan fingerprint density at radius 2 is 2.29 bits per heavy atom. The molecule has 1 heterocycles. The van der Waals surface area contributed by atoms with Gasteiger partial charge >= 0.3 is 0 Å². The highest BCUT2D eigenvalue weighted by Crippen LogP contribution is 2.33. The van der Waals surface area contributed by atoms with Crippen molar-refractivity contribution in [3.8, 4) is 11.5 Å². The first kappa shape index (κ1) is 18.5. The van der Waals surface area contributed by atoms with E-state index in [1.165, 1.54) is 12.4 Å². The molecular weight excluding hydrogens is 445 g/mol. The maximum absolute atomic E-state index is 12.0. The third-order valence-corrected chi connectivity index (χ3v) is 4.02. The van der Waals surface area contributed by atoms with Crippen molar-refractivity contribution in [3.63, 3.8) is 0 Å². The molecule has 1 N–H and O–H groups in total. The summed E-state index contributed by atoms with van der Waals surface area (Å²) >= 11 is 8.02. The first-order chi connectivity index (χ1) is 11.6. The van der Waals surface area contributed by atoms with Gasteiger partial charge in [0.1, 0.15) is 5.15 Å². The summed E-state index contributed by atoms with van der Waals surface area (Å²) in [5.41, 5.74) is 3.44. The van der Waals surface area contributed by atoms with Crippen LogP contribution in [0.4, 0.5) is 0 Å². The highest BCUT2D eigenvalue weighted by Gasteiger charge is 2.11. The average molecular weight is 460 g/mol. The molecule has 0 fully saturated rings. The quantitative estimate of drug-likeness (QED) is 0.311. The Kier molecular flexibility index (Phi) is 6.80. The summed E-state index contributed by atoms with van der Waals surface area (Å²) in [5.74, 6) is 0.855. The number of pyridine rings is 1. The van der Waals surface area contributed by atoms with Gasteiger partial charge in [0.25, 0.3) is 5.91 Å². The zero-order valence-electron chi connectivity index (χ0n) is 13.0. The van der Waals surface area contributed by atoms with E-state index in [4.69, 9.17) is 21.1 Å². The molecule has 2 aromatic rings. The SMILES string of the molecule is CCOc1cc(C=NNC(=O)c2cccnc2Cl)cc(I)c1OC. The molecule has 0 saturated heterocycles. The van der Waals surface area contributed by atoms with Crippen LogP contribution in [-0.4, -0.2) is 30.8 Å². The van der Waals surface area contributed by atoms with Crippen LogP contribution in [0.5, 0.6) is 11.5 Å². The first-order valence-electron chi connectivity index (χ1n) is 7.01. The lowest BCUT2D eigenvalue weighted by Gasteiger charge is -2.11. The minimum atomic E-state index is -0.433. The fourth-order valence-corrected chi connectivity index (χ4v) is 2.96. The number of methoxy groups -OCH3 is 1. The van der Waals surface area contributed by atoms with Crippen LogP contribution < -0.4 is 14.9 Å². The van der Waals surface area contributed by atoms with Gasteiger partial charge in [-0.2, -0.15) is 5.10 Å². The smallest absolute Gasteiger partial charge is 0.274 e. The molecular formula is C16H15ClIN3O3. The molecule has 0 atom stereocenters. The summed E-state index contributed by atoms with van der Waals surface area (Å²) in [6.45, 7) is 2.41. The van der Waals surface area contributed by atoms with Crippen molar-refractivity contribution in [1.29, 1.82) is 0 Å². The van der Waals surface area contributed by atoms with Crippen LogP contribution in [0.3, 0.4) is 0 Å². The van der Waals surface area contributed by atoms with E-state index in [0.717, 1.165) is 9.13 Å². The average Bonchev–Trinajstić information content (AvgIpc) is 2.55. The van der Waals surface area contributed by atoms with Gasteiger partial charge in [0.05, 0.1) is 29.1 Å². The van der Waals surface area contributed by atoms with Gasteiger partial charge in [-0.1, -0.05) is 11.6 Å². The Morgan fingerprint density at radius 1 is 1.50 bits per heavy atom. The van der Waals surface area contributed by atoms with Crippen LogP contribution in [-0.2, 0) is 0 Å². The number of benzene rings is 1. The van der Waals surface area contributed by atoms with E-state index < -0.39 is 5.91 Å². The Hall–Kier alpha value is -1.87. The maximum atomic E-state index is 12.0. The Morgan fingerprint density at radius 3 is 2.96 bits per heavy atom. The van der Waals surface area contributed by atoms with Crippen LogP contribution in [0, 0.1) is 3.57 Å². The third-order valence-electron chi connectivity index (χ3n) is 2.92. The zero-order chi connectivity index (χ0) is 17.5. The van der Waals surface area contributed by atoms with Crippen LogP contribution in [0.15, 0.2) is 35.6 Å². The van der Waals surface area contributed by atoms with Gasteiger partial charge in [-0.15, -0.1) is 0 Å². The lowest BCUT2D eigenvalue weighted by Crippen LogP contribution is -2.18. The van der Waals surface area contributed by atoms with Gasteiger partial charge in [-0.3, -0.25) is 4.79 Å². The Labute approximate surface area is 158 Å². The molecule has 24 heavy (non-hydrogen) atoms. The normalized spacial score (nSPS) is 10.7. The van der Waals surface area contributed by atoms with Crippen molar-refractivity contribution in [2.24, 2.45) is 5.10 Å². The van der Waals surface area contributed by atoms with E-state index >= 15 is 0 Å². The minimum Gasteiger partial charge on any atom is -0.492 e. The standard InChI is InChI=1S/C16H15ClIN3O3/c1-3-24-13-8-10(7-12(18)14(13)23-2)9-20-21-16(22)11-5-4-6-19-15(11)17/h4-9H,3H2,1-2H3,(H,21,22). The summed E-state index contributed by atoms with van der Waals surface area (Å²) in [7, 11) is 1.59. The lowest BCUT2D eigenvalue weighted by atomic mass is 10.2. The molecule has 8 heteroatoms. The van der Waals surface area contributed by atoms with Crippen LogP contribution in [0.1, 0.15) is 22.8 Å². The number of hydrogen-bond donors (Lipinski definition) is 1. The Bertz CT molecular complexity index is 768. The monoisotopic (exact) mass is 459 g/mol. The van der Waals surface area contributed by atoms with Gasteiger partial charge in [-0.05, 0) is 59.3 Å². The topological polar surface area (TPSA) is 72.8 Å². The van der Waals surface area contributed by atoms with E-state index in [0.29, 0.717) is 18.1 Å². The van der Waals surface area contributed by atoms with Gasteiger partial charge in [-0.25, -0.2) is 10.4 Å². The molecule has 1 aromatic carbocycles. The molecule has 0 unspecified atom stereocenters. The molecule has 1 aromatic heterocycles. The summed E-state index contributed by atoms with van der Waals surface area (Å²) < 4.78 is 11.8. The third kappa shape index (κ3) is 4.57. The number of hydrazone groups is 1. The number of hydrogen-bond acceptors (Lipinski definition) is 5. The number of carbonyl (C=O) groups is 1. The molecule has 1 amide bonds. The maximum Gasteiger partial charge on any atom is 0.274 e. The van der Waals surface area contributed by atoms with E-state index in [1.807, 2.05) is 13.0 Å². The van der Waals surface area contributed by atoms with Crippen LogP contribution in [0.2, 0.25) is 5.15 Å². The minimum absolute atomic E-state index is 0.128. The summed E-state index contributed by atoms with van der Waals surface area (Å²) in [4.78, 5) is 15.8. The number of amides is 1. The number of aromatic nitrogens is 1.